The van der Waals surface area contributed by atoms with Gasteiger partial charge in [0.15, 0.2) is 12.2 Å². The standard InChI is InChI=1S/C82H160O17P2/c1-6-9-12-15-18-21-23-25-27-29-31-33-35-37-41-46-51-56-61-66-80(85)93-72-78(99-81(86)67-62-57-52-47-42-38-36-34-32-30-28-26-24-22-19-16-13-10-7-2)74-97-101(90,91)95-70-76(83)69-94-100(88,89)96-73-77(71-92-79(84)65-60-55-50-44-20-17-14-11-8-3)98-82(87)68-63-58-53-48-43-39-40-45-49-54-59-64-75(4)5/h75-78,83H,6-74H2,1-5H3,(H,88,89)(H,90,91)/t76-,77+,78+/m0/s1. The average Bonchev–Trinajstić information content (AvgIpc) is 0.967. The van der Waals surface area contributed by atoms with Crippen molar-refractivity contribution in [2.75, 3.05) is 39.6 Å². The minimum Gasteiger partial charge on any atom is -0.462 e. The number of esters is 4. The van der Waals surface area contributed by atoms with E-state index in [1.807, 2.05) is 0 Å². The van der Waals surface area contributed by atoms with Gasteiger partial charge < -0.3 is 33.8 Å². The van der Waals surface area contributed by atoms with Crippen molar-refractivity contribution in [1.29, 1.82) is 0 Å². The molecule has 0 aromatic heterocycles. The van der Waals surface area contributed by atoms with Crippen LogP contribution in [0.15, 0.2) is 0 Å². The topological polar surface area (TPSA) is 237 Å². The van der Waals surface area contributed by atoms with E-state index in [-0.39, 0.29) is 25.7 Å². The van der Waals surface area contributed by atoms with Crippen LogP contribution in [0, 0.1) is 5.92 Å². The van der Waals surface area contributed by atoms with Gasteiger partial charge >= 0.3 is 39.5 Å². The largest absolute Gasteiger partial charge is 0.472 e. The number of ether oxygens (including phenoxy) is 4. The molecule has 0 spiro atoms. The van der Waals surface area contributed by atoms with Crippen molar-refractivity contribution in [2.45, 2.75) is 457 Å². The molecule has 5 atom stereocenters. The van der Waals surface area contributed by atoms with Crippen LogP contribution in [0.1, 0.15) is 439 Å². The lowest BCUT2D eigenvalue weighted by Crippen LogP contribution is -2.30. The monoisotopic (exact) mass is 1480 g/mol. The molecule has 0 saturated heterocycles. The first-order chi connectivity index (χ1) is 49.0. The van der Waals surface area contributed by atoms with Crippen molar-refractivity contribution < 1.29 is 80.2 Å². The number of hydrogen-bond donors (Lipinski definition) is 3. The number of phosphoric ester groups is 2. The molecule has 0 aromatic carbocycles. The summed E-state index contributed by atoms with van der Waals surface area (Å²) in [4.78, 5) is 73.0. The highest BCUT2D eigenvalue weighted by molar-refractivity contribution is 7.47. The average molecular weight is 1480 g/mol. The molecule has 2 unspecified atom stereocenters. The number of unbranched alkanes of at least 4 members (excludes halogenated alkanes) is 54. The molecule has 0 bridgehead atoms. The summed E-state index contributed by atoms with van der Waals surface area (Å²) in [6.45, 7) is 7.32. The van der Waals surface area contributed by atoms with Gasteiger partial charge in [0.25, 0.3) is 0 Å². The van der Waals surface area contributed by atoms with Crippen molar-refractivity contribution in [3.8, 4) is 0 Å². The van der Waals surface area contributed by atoms with Gasteiger partial charge in [-0.05, 0) is 31.6 Å². The maximum atomic E-state index is 13.1. The summed E-state index contributed by atoms with van der Waals surface area (Å²) >= 11 is 0. The molecule has 0 fully saturated rings. The van der Waals surface area contributed by atoms with Crippen LogP contribution >= 0.6 is 15.6 Å². The Hall–Kier alpha value is -1.94. The van der Waals surface area contributed by atoms with Crippen molar-refractivity contribution in [2.24, 2.45) is 5.92 Å². The summed E-state index contributed by atoms with van der Waals surface area (Å²) in [6.07, 6.45) is 66.7. The highest BCUT2D eigenvalue weighted by Gasteiger charge is 2.30. The Kier molecular flexibility index (Phi) is 73.5. The van der Waals surface area contributed by atoms with E-state index in [9.17, 15) is 43.2 Å². The molecule has 0 heterocycles. The van der Waals surface area contributed by atoms with E-state index in [0.717, 1.165) is 95.8 Å². The number of aliphatic hydroxyl groups is 1. The van der Waals surface area contributed by atoms with E-state index >= 15 is 0 Å². The molecule has 0 aliphatic carbocycles. The fourth-order valence-electron chi connectivity index (χ4n) is 12.8. The summed E-state index contributed by atoms with van der Waals surface area (Å²) in [5.74, 6) is -1.34. The van der Waals surface area contributed by atoms with Gasteiger partial charge in [-0.25, -0.2) is 9.13 Å². The molecule has 0 aromatic rings. The number of rotatable bonds is 82. The Morgan fingerprint density at radius 2 is 0.455 bits per heavy atom. The molecule has 600 valence electrons. The zero-order chi connectivity index (χ0) is 74.1. The lowest BCUT2D eigenvalue weighted by molar-refractivity contribution is -0.161. The molecule has 0 radical (unpaired) electrons. The van der Waals surface area contributed by atoms with Crippen LogP contribution in [0.5, 0.6) is 0 Å². The lowest BCUT2D eigenvalue weighted by atomic mass is 10.0. The quantitative estimate of drug-likeness (QED) is 0.0222. The smallest absolute Gasteiger partial charge is 0.462 e. The molecule has 17 nitrogen and oxygen atoms in total. The maximum Gasteiger partial charge on any atom is 0.472 e. The molecular weight excluding hydrogens is 1320 g/mol. The second-order valence-corrected chi connectivity index (χ2v) is 32.9. The van der Waals surface area contributed by atoms with E-state index in [1.54, 1.807) is 0 Å². The van der Waals surface area contributed by atoms with Crippen molar-refractivity contribution in [1.82, 2.24) is 0 Å². The lowest BCUT2D eigenvalue weighted by Gasteiger charge is -2.21. The van der Waals surface area contributed by atoms with Gasteiger partial charge in [0, 0.05) is 25.7 Å². The van der Waals surface area contributed by atoms with Crippen LogP contribution in [0.2, 0.25) is 0 Å². The zero-order valence-electron chi connectivity index (χ0n) is 66.1. The molecule has 19 heteroatoms. The van der Waals surface area contributed by atoms with Crippen molar-refractivity contribution in [3.05, 3.63) is 0 Å². The van der Waals surface area contributed by atoms with E-state index in [1.165, 1.54) is 263 Å². The maximum absolute atomic E-state index is 13.1. The fourth-order valence-corrected chi connectivity index (χ4v) is 14.3. The SMILES string of the molecule is CCCCCCCCCCCCCCCCCCCCCC(=O)OC[C@H](COP(=O)(O)OC[C@@H](O)COP(=O)(O)OC[C@@H](COC(=O)CCCCCCCCCCC)OC(=O)CCCCCCCCCCCCCC(C)C)OC(=O)CCCCCCCCCCCCCCCCCCCCC. The van der Waals surface area contributed by atoms with Crippen LogP contribution in [0.3, 0.4) is 0 Å². The molecule has 101 heavy (non-hydrogen) atoms. The van der Waals surface area contributed by atoms with Crippen LogP contribution in [-0.4, -0.2) is 96.7 Å². The molecule has 0 saturated carbocycles. The number of hydrogen-bond acceptors (Lipinski definition) is 15. The predicted molar refractivity (Wildman–Crippen MR) is 414 cm³/mol. The molecule has 3 N–H and O–H groups in total. The van der Waals surface area contributed by atoms with Crippen LogP contribution in [-0.2, 0) is 65.4 Å². The Morgan fingerprint density at radius 1 is 0.267 bits per heavy atom. The molecular formula is C82H160O17P2. The third-order valence-corrected chi connectivity index (χ3v) is 21.2. The van der Waals surface area contributed by atoms with Crippen LogP contribution in [0.25, 0.3) is 0 Å². The number of carbonyl (C=O) groups excluding carboxylic acids is 4. The first-order valence-electron chi connectivity index (χ1n) is 42.6. The van der Waals surface area contributed by atoms with E-state index in [4.69, 9.17) is 37.0 Å². The number of phosphoric acid groups is 2. The zero-order valence-corrected chi connectivity index (χ0v) is 67.8. The van der Waals surface area contributed by atoms with Gasteiger partial charge in [-0.2, -0.15) is 0 Å². The van der Waals surface area contributed by atoms with Crippen LogP contribution in [0.4, 0.5) is 0 Å². The molecule has 0 amide bonds. The highest BCUT2D eigenvalue weighted by atomic mass is 31.2. The second-order valence-electron chi connectivity index (χ2n) is 30.0. The Labute approximate surface area is 619 Å². The summed E-state index contributed by atoms with van der Waals surface area (Å²) < 4.78 is 68.7. The normalized spacial score (nSPS) is 13.8. The van der Waals surface area contributed by atoms with Crippen LogP contribution < -0.4 is 0 Å². The summed E-state index contributed by atoms with van der Waals surface area (Å²) in [5.41, 5.74) is 0. The summed E-state index contributed by atoms with van der Waals surface area (Å²) in [7, 11) is -9.92. The number of carbonyl (C=O) groups is 4. The van der Waals surface area contributed by atoms with E-state index in [2.05, 4.69) is 34.6 Å². The summed E-state index contributed by atoms with van der Waals surface area (Å²) in [5, 5.41) is 10.6. The second kappa shape index (κ2) is 74.9. The highest BCUT2D eigenvalue weighted by Crippen LogP contribution is 2.45. The van der Waals surface area contributed by atoms with E-state index < -0.39 is 97.5 Å². The molecule has 0 rings (SSSR count). The minimum absolute atomic E-state index is 0.107. The van der Waals surface area contributed by atoms with Gasteiger partial charge in [-0.3, -0.25) is 37.3 Å². The third kappa shape index (κ3) is 76.1. The van der Waals surface area contributed by atoms with Gasteiger partial charge in [-0.1, -0.05) is 388 Å². The number of aliphatic hydroxyl groups excluding tert-OH is 1. The van der Waals surface area contributed by atoms with Gasteiger partial charge in [0.05, 0.1) is 26.4 Å². The van der Waals surface area contributed by atoms with E-state index in [0.29, 0.717) is 25.7 Å². The molecule has 0 aliphatic rings. The summed E-state index contributed by atoms with van der Waals surface area (Å²) in [6, 6.07) is 0. The first kappa shape index (κ1) is 99.1. The van der Waals surface area contributed by atoms with Crippen molar-refractivity contribution in [3.63, 3.8) is 0 Å². The third-order valence-electron chi connectivity index (χ3n) is 19.3. The minimum atomic E-state index is -4.96. The van der Waals surface area contributed by atoms with Crippen molar-refractivity contribution >= 4 is 39.5 Å². The predicted octanol–water partition coefficient (Wildman–Crippen LogP) is 24.8. The Balaban J connectivity index is 5.21. The first-order valence-corrected chi connectivity index (χ1v) is 45.6. The van der Waals surface area contributed by atoms with Gasteiger partial charge in [-0.15, -0.1) is 0 Å². The van der Waals surface area contributed by atoms with Gasteiger partial charge in [0.2, 0.25) is 0 Å². The molecule has 0 aliphatic heterocycles. The fraction of sp³-hybridized carbons (Fsp3) is 0.951. The van der Waals surface area contributed by atoms with Gasteiger partial charge in [0.1, 0.15) is 19.3 Å². The Morgan fingerprint density at radius 3 is 0.673 bits per heavy atom. The Bertz CT molecular complexity index is 1930.